The number of nitrogens with one attached hydrogen (secondary N) is 1. The molecule has 1 rings (SSSR count). The van der Waals surface area contributed by atoms with E-state index in [9.17, 15) is 18.1 Å². The molecule has 2 N–H and O–H groups in total. The number of quaternary nitrogens is 1. The summed E-state index contributed by atoms with van der Waals surface area (Å²) >= 11 is 0. The van der Waals surface area contributed by atoms with Crippen molar-refractivity contribution in [1.82, 2.24) is 4.90 Å². The van der Waals surface area contributed by atoms with E-state index in [-0.39, 0.29) is 13.2 Å². The second kappa shape index (κ2) is 22.9. The minimum Gasteiger partial charge on any atom is -0.726 e. The molecule has 1 aliphatic rings. The largest absolute Gasteiger partial charge is 0.726 e. The first-order valence-electron chi connectivity index (χ1n) is 13.9. The zero-order chi connectivity index (χ0) is 25.5. The van der Waals surface area contributed by atoms with E-state index in [2.05, 4.69) is 35.1 Å². The summed E-state index contributed by atoms with van der Waals surface area (Å²) in [5.41, 5.74) is 0. The maximum atomic E-state index is 9.45. The molecule has 0 amide bonds. The van der Waals surface area contributed by atoms with Crippen molar-refractivity contribution < 1.29 is 27.2 Å². The normalized spacial score (nSPS) is 19.0. The van der Waals surface area contributed by atoms with Crippen molar-refractivity contribution in [2.75, 3.05) is 39.4 Å². The average molecular weight is 507 g/mol. The summed E-state index contributed by atoms with van der Waals surface area (Å²) < 4.78 is 32.0. The highest BCUT2D eigenvalue weighted by molar-refractivity contribution is 7.80. The van der Waals surface area contributed by atoms with Crippen molar-refractivity contribution in [2.24, 2.45) is 0 Å². The molecular weight excluding hydrogens is 452 g/mol. The number of likely N-dealkylation sites (N-methyl/N-ethyl adjacent to an activating group) is 1. The van der Waals surface area contributed by atoms with Gasteiger partial charge in [-0.3, -0.25) is 4.18 Å². The smallest absolute Gasteiger partial charge is 0.217 e. The van der Waals surface area contributed by atoms with Gasteiger partial charge in [-0.05, 0) is 32.8 Å². The number of β-amino-alcohol motifs (C(OH)–C–C–N with tert-alkyl or cyclic N) is 1. The molecule has 1 fully saturated rings. The Kier molecular flexibility index (Phi) is 22.6. The lowest BCUT2D eigenvalue weighted by atomic mass is 10.0. The van der Waals surface area contributed by atoms with E-state index in [1.807, 2.05) is 0 Å². The Hall–Kier alpha value is -0.510. The summed E-state index contributed by atoms with van der Waals surface area (Å²) in [5, 5.41) is 9.23. The molecule has 34 heavy (non-hydrogen) atoms. The lowest BCUT2D eigenvalue weighted by Crippen LogP contribution is -3.14. The van der Waals surface area contributed by atoms with Gasteiger partial charge >= 0.3 is 0 Å². The molecule has 1 heterocycles. The monoisotopic (exact) mass is 506 g/mol. The second-order valence-electron chi connectivity index (χ2n) is 9.24. The molecule has 0 aromatic rings. The molecular formula is C26H54N2O5S. The van der Waals surface area contributed by atoms with Crippen LogP contribution in [0.3, 0.4) is 0 Å². The molecule has 2 atom stereocenters. The summed E-state index contributed by atoms with van der Waals surface area (Å²) in [7, 11) is -4.42. The highest BCUT2D eigenvalue weighted by Crippen LogP contribution is 2.13. The van der Waals surface area contributed by atoms with Gasteiger partial charge in [0, 0.05) is 6.54 Å². The summed E-state index contributed by atoms with van der Waals surface area (Å²) in [4.78, 5) is 4.07. The van der Waals surface area contributed by atoms with Gasteiger partial charge in [0.2, 0.25) is 10.4 Å². The van der Waals surface area contributed by atoms with Crippen LogP contribution in [0.5, 0.6) is 0 Å². The zero-order valence-corrected chi connectivity index (χ0v) is 23.1. The van der Waals surface area contributed by atoms with Gasteiger partial charge in [-0.25, -0.2) is 13.3 Å². The predicted octanol–water partition coefficient (Wildman–Crippen LogP) is 4.05. The molecule has 0 aliphatic carbocycles. The van der Waals surface area contributed by atoms with Crippen molar-refractivity contribution in [3.05, 3.63) is 12.2 Å². The molecule has 1 saturated heterocycles. The molecule has 8 heteroatoms. The molecule has 0 spiro atoms. The van der Waals surface area contributed by atoms with E-state index >= 15 is 0 Å². The zero-order valence-electron chi connectivity index (χ0n) is 22.3. The Morgan fingerprint density at radius 2 is 1.47 bits per heavy atom. The molecule has 0 bridgehead atoms. The van der Waals surface area contributed by atoms with E-state index < -0.39 is 10.4 Å². The fourth-order valence-electron chi connectivity index (χ4n) is 4.50. The maximum Gasteiger partial charge on any atom is 0.217 e. The molecule has 0 saturated carbocycles. The van der Waals surface area contributed by atoms with Gasteiger partial charge in [-0.15, -0.1) is 0 Å². The van der Waals surface area contributed by atoms with Crippen LogP contribution in [0.4, 0.5) is 0 Å². The quantitative estimate of drug-likeness (QED) is 0.112. The van der Waals surface area contributed by atoms with Crippen molar-refractivity contribution in [3.63, 3.8) is 0 Å². The van der Waals surface area contributed by atoms with E-state index in [0.29, 0.717) is 6.17 Å². The summed E-state index contributed by atoms with van der Waals surface area (Å²) in [6.45, 7) is 10.5. The van der Waals surface area contributed by atoms with E-state index in [0.717, 1.165) is 13.1 Å². The van der Waals surface area contributed by atoms with Crippen molar-refractivity contribution in [1.29, 1.82) is 0 Å². The van der Waals surface area contributed by atoms with Gasteiger partial charge in [-0.2, -0.15) is 0 Å². The standard InChI is InChI=1S/C24H48N2O.C2H6O4S/c1-3-5-6-7-8-9-10-11-12-13-14-15-16-17-18-19-24-25(4-2)20-21-26(24)22-23-27;1-2-6-7(3,4)5/h18-19,24,27H,3-17,20-23H2,1-2H3;2H2,1H3,(H,3,4,5). The third kappa shape index (κ3) is 19.8. The summed E-state index contributed by atoms with van der Waals surface area (Å²) in [6, 6.07) is 0. The number of rotatable bonds is 20. The number of nitrogens with zero attached hydrogens (tertiary/aromatic N) is 1. The van der Waals surface area contributed by atoms with Crippen LogP contribution in [0.15, 0.2) is 12.2 Å². The van der Waals surface area contributed by atoms with Gasteiger partial charge in [0.1, 0.15) is 0 Å². The lowest BCUT2D eigenvalue weighted by Gasteiger charge is -2.23. The number of allylic oxidation sites excluding steroid dienone is 1. The highest BCUT2D eigenvalue weighted by atomic mass is 32.3. The van der Waals surface area contributed by atoms with Crippen LogP contribution in [0.1, 0.15) is 111 Å². The Morgan fingerprint density at radius 3 is 1.88 bits per heavy atom. The third-order valence-corrected chi connectivity index (χ3v) is 6.95. The highest BCUT2D eigenvalue weighted by Gasteiger charge is 2.31. The average Bonchev–Trinajstić information content (AvgIpc) is 3.18. The SMILES string of the molecule is CCCCCCCCCCCCCCCC=CC1N(CCO)CC[NH+]1CC.CCOS(=O)(=O)[O-]. The minimum atomic E-state index is -4.42. The minimum absolute atomic E-state index is 0.0914. The van der Waals surface area contributed by atoms with Gasteiger partial charge in [-0.1, -0.05) is 90.0 Å². The summed E-state index contributed by atoms with van der Waals surface area (Å²) in [6.07, 6.45) is 25.0. The van der Waals surface area contributed by atoms with Gasteiger partial charge in [0.15, 0.2) is 6.17 Å². The molecule has 1 aliphatic heterocycles. The van der Waals surface area contributed by atoms with E-state index in [1.165, 1.54) is 110 Å². The molecule has 204 valence electrons. The lowest BCUT2D eigenvalue weighted by molar-refractivity contribution is -0.909. The molecule has 0 radical (unpaired) electrons. The van der Waals surface area contributed by atoms with Crippen LogP contribution in [0.2, 0.25) is 0 Å². The number of hydrogen-bond donors (Lipinski definition) is 2. The van der Waals surface area contributed by atoms with E-state index in [4.69, 9.17) is 0 Å². The van der Waals surface area contributed by atoms with Crippen LogP contribution >= 0.6 is 0 Å². The maximum absolute atomic E-state index is 9.45. The number of unbranched alkanes of at least 4 members (excludes halogenated alkanes) is 13. The Labute approximate surface area is 210 Å². The van der Waals surface area contributed by atoms with Crippen LogP contribution < -0.4 is 4.90 Å². The first kappa shape index (κ1) is 33.5. The second-order valence-corrected chi connectivity index (χ2v) is 10.3. The van der Waals surface area contributed by atoms with Crippen LogP contribution in [-0.4, -0.2) is 68.5 Å². The van der Waals surface area contributed by atoms with Crippen LogP contribution in [-0.2, 0) is 14.6 Å². The molecule has 0 aromatic heterocycles. The first-order chi connectivity index (χ1) is 16.4. The van der Waals surface area contributed by atoms with Gasteiger partial charge < -0.3 is 14.6 Å². The number of aliphatic hydroxyl groups excluding tert-OH is 1. The van der Waals surface area contributed by atoms with Crippen LogP contribution in [0, 0.1) is 0 Å². The summed E-state index contributed by atoms with van der Waals surface area (Å²) in [5.74, 6) is 0. The van der Waals surface area contributed by atoms with Gasteiger partial charge in [0.25, 0.3) is 0 Å². The predicted molar refractivity (Wildman–Crippen MR) is 140 cm³/mol. The molecule has 7 nitrogen and oxygen atoms in total. The third-order valence-electron chi connectivity index (χ3n) is 6.43. The van der Waals surface area contributed by atoms with Crippen molar-refractivity contribution in [3.8, 4) is 0 Å². The Morgan fingerprint density at radius 1 is 0.941 bits per heavy atom. The molecule has 0 aromatic carbocycles. The Bertz CT molecular complexity index is 572. The fourth-order valence-corrected chi connectivity index (χ4v) is 4.79. The first-order valence-corrected chi connectivity index (χ1v) is 15.2. The van der Waals surface area contributed by atoms with Crippen molar-refractivity contribution in [2.45, 2.75) is 117 Å². The van der Waals surface area contributed by atoms with Gasteiger partial charge in [0.05, 0.1) is 32.8 Å². The fraction of sp³-hybridized carbons (Fsp3) is 0.923. The number of aliphatic hydroxyl groups is 1. The van der Waals surface area contributed by atoms with E-state index in [1.54, 1.807) is 4.90 Å². The van der Waals surface area contributed by atoms with Crippen molar-refractivity contribution >= 4 is 10.4 Å². The number of hydrogen-bond acceptors (Lipinski definition) is 6. The molecule has 2 unspecified atom stereocenters. The Balaban J connectivity index is 0.00000135. The topological polar surface area (TPSA) is 94.3 Å². The van der Waals surface area contributed by atoms with Crippen LogP contribution in [0.25, 0.3) is 0 Å².